The third-order valence-corrected chi connectivity index (χ3v) is 5.92. The van der Waals surface area contributed by atoms with Crippen LogP contribution in [0.5, 0.6) is 5.75 Å². The summed E-state index contributed by atoms with van der Waals surface area (Å²) in [5.41, 5.74) is -3.49. The number of methoxy groups -OCH3 is 1. The molecule has 174 valence electrons. The first-order valence-corrected chi connectivity index (χ1v) is 9.87. The fraction of sp³-hybridized carbons (Fsp3) is 0.381. The zero-order chi connectivity index (χ0) is 23.8. The highest BCUT2D eigenvalue weighted by Crippen LogP contribution is 2.44. The van der Waals surface area contributed by atoms with Crippen LogP contribution in [0, 0.1) is 11.7 Å². The Morgan fingerprint density at radius 3 is 2.62 bits per heavy atom. The van der Waals surface area contributed by atoms with E-state index in [1.165, 1.54) is 19.3 Å². The number of hydrogen-bond donors (Lipinski definition) is 4. The molecule has 1 aliphatic carbocycles. The maximum absolute atomic E-state index is 14.6. The minimum Gasteiger partial charge on any atom is -0.494 e. The van der Waals surface area contributed by atoms with Crippen LogP contribution >= 0.6 is 11.6 Å². The number of aliphatic hydroxyl groups excluding tert-OH is 1. The van der Waals surface area contributed by atoms with Gasteiger partial charge in [0, 0.05) is 18.5 Å². The van der Waals surface area contributed by atoms with Gasteiger partial charge in [0.1, 0.15) is 5.83 Å². The zero-order valence-corrected chi connectivity index (χ0v) is 17.8. The third-order valence-electron chi connectivity index (χ3n) is 5.54. The monoisotopic (exact) mass is 476 g/mol. The fourth-order valence-electron chi connectivity index (χ4n) is 3.69. The summed E-state index contributed by atoms with van der Waals surface area (Å²) in [7, 11) is 1.18. The number of alkyl halides is 2. The van der Waals surface area contributed by atoms with Gasteiger partial charge in [-0.2, -0.15) is 0 Å². The highest BCUT2D eigenvalue weighted by molar-refractivity contribution is 6.31. The lowest BCUT2D eigenvalue weighted by molar-refractivity contribution is -0.204. The molecule has 0 saturated heterocycles. The molecule has 4 N–H and O–H groups in total. The molecule has 6 nitrogen and oxygen atoms in total. The van der Waals surface area contributed by atoms with Crippen molar-refractivity contribution in [1.29, 1.82) is 0 Å². The van der Waals surface area contributed by atoms with Gasteiger partial charge in [0.2, 0.25) is 5.91 Å². The lowest BCUT2D eigenvalue weighted by Crippen LogP contribution is -2.58. The first kappa shape index (κ1) is 24.1. The SMILES string of the molecule is COc1ccc([C@H](NC2=CC(F)=CC3NC(=O)C=CC23)[C@](O)(CO)C(C)(F)F)c(Cl)c1F. The van der Waals surface area contributed by atoms with Crippen LogP contribution in [0.3, 0.4) is 0 Å². The first-order chi connectivity index (χ1) is 14.9. The number of amides is 1. The number of ether oxygens (including phenoxy) is 1. The smallest absolute Gasteiger partial charge is 0.278 e. The zero-order valence-electron chi connectivity index (χ0n) is 17.0. The molecule has 11 heteroatoms. The molecule has 2 unspecified atom stereocenters. The summed E-state index contributed by atoms with van der Waals surface area (Å²) in [4.78, 5) is 11.6. The van der Waals surface area contributed by atoms with E-state index in [1.54, 1.807) is 0 Å². The van der Waals surface area contributed by atoms with E-state index in [0.29, 0.717) is 6.92 Å². The van der Waals surface area contributed by atoms with Crippen LogP contribution in [0.4, 0.5) is 17.6 Å². The normalized spacial score (nSPS) is 23.3. The maximum atomic E-state index is 14.6. The second-order valence-corrected chi connectivity index (χ2v) is 7.98. The number of aliphatic hydroxyl groups is 2. The van der Waals surface area contributed by atoms with Crippen LogP contribution in [-0.4, -0.2) is 47.4 Å². The molecule has 0 radical (unpaired) electrons. The average Bonchev–Trinajstić information content (AvgIpc) is 2.72. The number of hydrogen-bond acceptors (Lipinski definition) is 5. The first-order valence-electron chi connectivity index (χ1n) is 9.50. The second-order valence-electron chi connectivity index (χ2n) is 7.60. The molecule has 0 aromatic heterocycles. The van der Waals surface area contributed by atoms with Gasteiger partial charge in [-0.1, -0.05) is 23.7 Å². The van der Waals surface area contributed by atoms with E-state index < -0.39 is 58.7 Å². The average molecular weight is 477 g/mol. The van der Waals surface area contributed by atoms with Crippen molar-refractivity contribution < 1.29 is 37.3 Å². The minimum absolute atomic E-state index is 0.000308. The molecular weight excluding hydrogens is 456 g/mol. The lowest BCUT2D eigenvalue weighted by Gasteiger charge is -2.42. The summed E-state index contributed by atoms with van der Waals surface area (Å²) in [6, 6.07) is -0.437. The number of halogens is 5. The summed E-state index contributed by atoms with van der Waals surface area (Å²) in [5, 5.41) is 25.1. The standard InChI is InChI=1S/C21H21ClF4N2O4/c1-20(25,26)21(31,9-29)19(12-3-5-15(32-2)18(24)17(12)22)28-14-8-10(23)7-13-11(14)4-6-16(30)27-13/h3-8,11,13,19,28-29,31H,9H2,1-2H3,(H,27,30)/t11?,13?,19-,21+/m0/s1. The topological polar surface area (TPSA) is 90.8 Å². The van der Waals surface area contributed by atoms with Crippen molar-refractivity contribution in [3.05, 3.63) is 64.4 Å². The number of carbonyl (C=O) groups is 1. The molecule has 1 aromatic carbocycles. The molecule has 0 bridgehead atoms. The van der Waals surface area contributed by atoms with Gasteiger partial charge in [-0.25, -0.2) is 17.6 Å². The lowest BCUT2D eigenvalue weighted by atomic mass is 9.81. The fourth-order valence-corrected chi connectivity index (χ4v) is 3.95. The van der Waals surface area contributed by atoms with Crippen molar-refractivity contribution >= 4 is 17.5 Å². The molecule has 0 fully saturated rings. The van der Waals surface area contributed by atoms with Crippen LogP contribution in [0.15, 0.2) is 48.0 Å². The third kappa shape index (κ3) is 4.22. The Kier molecular flexibility index (Phi) is 6.60. The molecule has 0 spiro atoms. The van der Waals surface area contributed by atoms with E-state index in [-0.39, 0.29) is 17.0 Å². The van der Waals surface area contributed by atoms with Gasteiger partial charge >= 0.3 is 0 Å². The number of fused-ring (bicyclic) bond motifs is 1. The molecule has 0 saturated carbocycles. The van der Waals surface area contributed by atoms with E-state index in [4.69, 9.17) is 16.3 Å². The van der Waals surface area contributed by atoms with Crippen molar-refractivity contribution in [2.24, 2.45) is 5.92 Å². The molecular formula is C21H21ClF4N2O4. The molecule has 3 rings (SSSR count). The van der Waals surface area contributed by atoms with Gasteiger partial charge in [0.05, 0.1) is 30.8 Å². The Morgan fingerprint density at radius 1 is 1.34 bits per heavy atom. The Balaban J connectivity index is 2.14. The van der Waals surface area contributed by atoms with Crippen molar-refractivity contribution in [3.8, 4) is 5.75 Å². The van der Waals surface area contributed by atoms with Gasteiger partial charge < -0.3 is 25.6 Å². The van der Waals surface area contributed by atoms with Crippen LogP contribution in [0.2, 0.25) is 5.02 Å². The van der Waals surface area contributed by atoms with E-state index in [9.17, 15) is 32.6 Å². The number of carbonyl (C=O) groups excluding carboxylic acids is 1. The van der Waals surface area contributed by atoms with Crippen LogP contribution in [-0.2, 0) is 4.79 Å². The predicted molar refractivity (Wildman–Crippen MR) is 108 cm³/mol. The summed E-state index contributed by atoms with van der Waals surface area (Å²) < 4.78 is 62.7. The van der Waals surface area contributed by atoms with Crippen LogP contribution < -0.4 is 15.4 Å². The van der Waals surface area contributed by atoms with Crippen LogP contribution in [0.25, 0.3) is 0 Å². The van der Waals surface area contributed by atoms with Crippen molar-refractivity contribution in [3.63, 3.8) is 0 Å². The number of benzene rings is 1. The number of rotatable bonds is 7. The summed E-state index contributed by atoms with van der Waals surface area (Å²) in [6.45, 7) is -1.06. The maximum Gasteiger partial charge on any atom is 0.278 e. The van der Waals surface area contributed by atoms with Gasteiger partial charge in [-0.3, -0.25) is 4.79 Å². The highest BCUT2D eigenvalue weighted by Gasteiger charge is 2.55. The molecule has 1 aliphatic heterocycles. The Bertz CT molecular complexity index is 1010. The van der Waals surface area contributed by atoms with Gasteiger partial charge in [0.15, 0.2) is 17.2 Å². The van der Waals surface area contributed by atoms with E-state index in [2.05, 4.69) is 10.6 Å². The molecule has 32 heavy (non-hydrogen) atoms. The molecule has 1 aromatic rings. The highest BCUT2D eigenvalue weighted by atomic mass is 35.5. The Hall–Kier alpha value is -2.56. The quantitative estimate of drug-likeness (QED) is 0.454. The van der Waals surface area contributed by atoms with Gasteiger partial charge in [-0.05, 0) is 29.9 Å². The van der Waals surface area contributed by atoms with Crippen molar-refractivity contribution in [2.45, 2.75) is 30.5 Å². The summed E-state index contributed by atoms with van der Waals surface area (Å²) in [6.07, 6.45) is 4.75. The van der Waals surface area contributed by atoms with Gasteiger partial charge in [-0.15, -0.1) is 0 Å². The molecule has 1 heterocycles. The summed E-state index contributed by atoms with van der Waals surface area (Å²) >= 11 is 6.08. The molecule has 2 aliphatic rings. The number of nitrogens with one attached hydrogen (secondary N) is 2. The predicted octanol–water partition coefficient (Wildman–Crippen LogP) is 2.92. The Morgan fingerprint density at radius 2 is 2.03 bits per heavy atom. The molecule has 1 amide bonds. The summed E-state index contributed by atoms with van der Waals surface area (Å²) in [5.74, 6) is -7.18. The van der Waals surface area contributed by atoms with Gasteiger partial charge in [0.25, 0.3) is 5.92 Å². The minimum atomic E-state index is -3.90. The Labute approximate surface area is 186 Å². The van der Waals surface area contributed by atoms with E-state index in [0.717, 1.165) is 24.3 Å². The molecule has 4 atom stereocenters. The van der Waals surface area contributed by atoms with Crippen LogP contribution in [0.1, 0.15) is 18.5 Å². The number of allylic oxidation sites excluding steroid dienone is 2. The second kappa shape index (κ2) is 8.76. The van der Waals surface area contributed by atoms with Crippen molar-refractivity contribution in [1.82, 2.24) is 10.6 Å². The largest absolute Gasteiger partial charge is 0.494 e. The van der Waals surface area contributed by atoms with E-state index >= 15 is 0 Å². The van der Waals surface area contributed by atoms with Crippen molar-refractivity contribution in [2.75, 3.05) is 13.7 Å². The van der Waals surface area contributed by atoms with E-state index in [1.807, 2.05) is 0 Å².